The minimum Gasteiger partial charge on any atom is -0.387 e. The van der Waals surface area contributed by atoms with Crippen LogP contribution in [0.4, 0.5) is 0 Å². The van der Waals surface area contributed by atoms with Gasteiger partial charge in [-0.25, -0.2) is 4.79 Å². The number of aliphatic hydroxyl groups excluding tert-OH is 2. The van der Waals surface area contributed by atoms with Gasteiger partial charge in [0.05, 0.1) is 6.61 Å². The molecule has 0 aliphatic carbocycles. The number of aromatic amines is 1. The highest BCUT2D eigenvalue weighted by Gasteiger charge is 2.44. The summed E-state index contributed by atoms with van der Waals surface area (Å²) in [4.78, 5) is 26.2. The molecule has 0 radical (unpaired) electrons. The van der Waals surface area contributed by atoms with E-state index in [9.17, 15) is 19.8 Å². The molecular weight excluding hydrogens is 330 g/mol. The highest BCUT2D eigenvalue weighted by atomic mass is 16.6. The molecule has 0 unspecified atom stereocenters. The van der Waals surface area contributed by atoms with Crippen LogP contribution in [0.5, 0.6) is 0 Å². The summed E-state index contributed by atoms with van der Waals surface area (Å²) in [5, 5.41) is 23.2. The van der Waals surface area contributed by atoms with Crippen molar-refractivity contribution in [1.29, 1.82) is 0 Å². The Labute approximate surface area is 144 Å². The summed E-state index contributed by atoms with van der Waals surface area (Å²) in [6, 6.07) is 0. The van der Waals surface area contributed by atoms with Crippen LogP contribution >= 0.6 is 0 Å². The number of nitrogens with zero attached hydrogens (tertiary/aromatic N) is 1. The van der Waals surface area contributed by atoms with Gasteiger partial charge < -0.3 is 25.0 Å². The monoisotopic (exact) mass is 355 g/mol. The van der Waals surface area contributed by atoms with Crippen LogP contribution in [0.15, 0.2) is 27.9 Å². The average Bonchev–Trinajstić information content (AvgIpc) is 2.82. The Kier molecular flexibility index (Phi) is 6.68. The van der Waals surface area contributed by atoms with Crippen molar-refractivity contribution >= 4 is 0 Å². The fraction of sp³-hybridized carbons (Fsp3) is 0.625. The van der Waals surface area contributed by atoms with Gasteiger partial charge in [0.25, 0.3) is 5.56 Å². The molecule has 0 aromatic carbocycles. The maximum absolute atomic E-state index is 12.1. The van der Waals surface area contributed by atoms with Crippen LogP contribution in [0.3, 0.4) is 0 Å². The Morgan fingerprint density at radius 1 is 1.44 bits per heavy atom. The van der Waals surface area contributed by atoms with Gasteiger partial charge in [-0.3, -0.25) is 14.3 Å². The highest BCUT2D eigenvalue weighted by Crippen LogP contribution is 2.28. The van der Waals surface area contributed by atoms with Crippen LogP contribution in [-0.2, 0) is 16.0 Å². The van der Waals surface area contributed by atoms with Gasteiger partial charge in [-0.1, -0.05) is 5.57 Å². The standard InChI is InChI=1S/C16H25N3O6/c1-9(2)4-5-17-6-10-7-19(16(23)18-14(10)22)15-13(21)12(20)11(25-15)8-24-3/h7,11-13,15,17,20-21H,1,4-6,8H2,2-3H3,(H,18,22,23)/t11-,12-,13-,15-/m1/s1. The van der Waals surface area contributed by atoms with E-state index in [1.165, 1.54) is 13.3 Å². The Morgan fingerprint density at radius 3 is 2.80 bits per heavy atom. The quantitative estimate of drug-likeness (QED) is 0.343. The lowest BCUT2D eigenvalue weighted by Crippen LogP contribution is -2.39. The summed E-state index contributed by atoms with van der Waals surface area (Å²) >= 11 is 0. The molecule has 25 heavy (non-hydrogen) atoms. The zero-order valence-electron chi connectivity index (χ0n) is 14.4. The van der Waals surface area contributed by atoms with Crippen molar-refractivity contribution in [3.05, 3.63) is 44.8 Å². The smallest absolute Gasteiger partial charge is 0.330 e. The van der Waals surface area contributed by atoms with Crippen molar-refractivity contribution in [2.75, 3.05) is 20.3 Å². The van der Waals surface area contributed by atoms with E-state index >= 15 is 0 Å². The van der Waals surface area contributed by atoms with Gasteiger partial charge >= 0.3 is 5.69 Å². The molecule has 0 saturated carbocycles. The first-order valence-electron chi connectivity index (χ1n) is 8.05. The van der Waals surface area contributed by atoms with Crippen molar-refractivity contribution in [3.8, 4) is 0 Å². The minimum atomic E-state index is -1.31. The van der Waals surface area contributed by atoms with Crippen LogP contribution < -0.4 is 16.6 Å². The van der Waals surface area contributed by atoms with E-state index in [0.29, 0.717) is 12.1 Å². The molecule has 2 heterocycles. The number of nitrogens with one attached hydrogen (secondary N) is 2. The lowest BCUT2D eigenvalue weighted by molar-refractivity contribution is -0.0615. The Morgan fingerprint density at radius 2 is 2.16 bits per heavy atom. The van der Waals surface area contributed by atoms with Gasteiger partial charge in [-0.2, -0.15) is 0 Å². The molecule has 1 aliphatic rings. The Bertz CT molecular complexity index is 713. The molecule has 0 spiro atoms. The summed E-state index contributed by atoms with van der Waals surface area (Å²) < 4.78 is 11.5. The van der Waals surface area contributed by atoms with Crippen molar-refractivity contribution in [1.82, 2.24) is 14.9 Å². The average molecular weight is 355 g/mol. The molecule has 1 fully saturated rings. The number of aromatic nitrogens is 2. The minimum absolute atomic E-state index is 0.0716. The van der Waals surface area contributed by atoms with Crippen molar-refractivity contribution in [2.45, 2.75) is 44.4 Å². The molecule has 0 amide bonds. The maximum atomic E-state index is 12.1. The molecule has 0 bridgehead atoms. The maximum Gasteiger partial charge on any atom is 0.330 e. The number of aliphatic hydroxyl groups is 2. The third kappa shape index (κ3) is 4.65. The molecule has 9 nitrogen and oxygen atoms in total. The topological polar surface area (TPSA) is 126 Å². The van der Waals surface area contributed by atoms with E-state index < -0.39 is 35.8 Å². The van der Waals surface area contributed by atoms with Crippen molar-refractivity contribution in [2.24, 2.45) is 0 Å². The molecule has 1 aliphatic heterocycles. The van der Waals surface area contributed by atoms with E-state index in [2.05, 4.69) is 16.9 Å². The normalized spacial score (nSPS) is 26.1. The highest BCUT2D eigenvalue weighted by molar-refractivity contribution is 5.06. The van der Waals surface area contributed by atoms with Crippen LogP contribution in [-0.4, -0.2) is 58.3 Å². The van der Waals surface area contributed by atoms with Crippen LogP contribution in [0.25, 0.3) is 0 Å². The summed E-state index contributed by atoms with van der Waals surface area (Å²) in [6.45, 7) is 6.67. The predicted molar refractivity (Wildman–Crippen MR) is 90.3 cm³/mol. The number of ether oxygens (including phenoxy) is 2. The third-order valence-electron chi connectivity index (χ3n) is 4.03. The molecule has 9 heteroatoms. The van der Waals surface area contributed by atoms with Crippen molar-refractivity contribution < 1.29 is 19.7 Å². The zero-order chi connectivity index (χ0) is 18.6. The molecule has 140 valence electrons. The number of H-pyrrole nitrogens is 1. The van der Waals surface area contributed by atoms with Crippen LogP contribution in [0.1, 0.15) is 25.1 Å². The van der Waals surface area contributed by atoms with Crippen molar-refractivity contribution in [3.63, 3.8) is 0 Å². The Hall–Kier alpha value is -1.78. The molecule has 1 aromatic heterocycles. The zero-order valence-corrected chi connectivity index (χ0v) is 14.4. The first-order chi connectivity index (χ1) is 11.8. The Balaban J connectivity index is 2.18. The lowest BCUT2D eigenvalue weighted by atomic mass is 10.1. The molecule has 4 N–H and O–H groups in total. The largest absolute Gasteiger partial charge is 0.387 e. The second-order valence-electron chi connectivity index (χ2n) is 6.21. The number of methoxy groups -OCH3 is 1. The lowest BCUT2D eigenvalue weighted by Gasteiger charge is -2.18. The van der Waals surface area contributed by atoms with Crippen LogP contribution in [0, 0.1) is 0 Å². The van der Waals surface area contributed by atoms with Gasteiger partial charge in [0.2, 0.25) is 0 Å². The van der Waals surface area contributed by atoms with E-state index in [0.717, 1.165) is 16.6 Å². The third-order valence-corrected chi connectivity index (χ3v) is 4.03. The van der Waals surface area contributed by atoms with E-state index in [-0.39, 0.29) is 13.2 Å². The number of hydrogen-bond acceptors (Lipinski definition) is 7. The summed E-state index contributed by atoms with van der Waals surface area (Å²) in [5.41, 5.74) is 0.115. The molecule has 2 rings (SSSR count). The summed E-state index contributed by atoms with van der Waals surface area (Å²) in [5.74, 6) is 0. The van der Waals surface area contributed by atoms with Gasteiger partial charge in [-0.15, -0.1) is 6.58 Å². The van der Waals surface area contributed by atoms with E-state index in [4.69, 9.17) is 9.47 Å². The van der Waals surface area contributed by atoms with E-state index in [1.54, 1.807) is 0 Å². The first kappa shape index (κ1) is 19.5. The molecule has 1 aromatic rings. The van der Waals surface area contributed by atoms with Gasteiger partial charge in [0.15, 0.2) is 6.23 Å². The summed E-state index contributed by atoms with van der Waals surface area (Å²) in [6.07, 6.45) is -2.26. The summed E-state index contributed by atoms with van der Waals surface area (Å²) in [7, 11) is 1.44. The SMILES string of the molecule is C=C(C)CCNCc1cn([C@@H]2O[C@H](COC)[C@@H](O)[C@H]2O)c(=O)[nH]c1=O. The first-order valence-corrected chi connectivity index (χ1v) is 8.05. The molecule has 1 saturated heterocycles. The second kappa shape index (κ2) is 8.54. The number of rotatable bonds is 8. The fourth-order valence-electron chi connectivity index (χ4n) is 2.63. The molecule has 4 atom stereocenters. The van der Waals surface area contributed by atoms with Crippen LogP contribution in [0.2, 0.25) is 0 Å². The molecular formula is C16H25N3O6. The van der Waals surface area contributed by atoms with E-state index in [1.807, 2.05) is 6.92 Å². The predicted octanol–water partition coefficient (Wildman–Crippen LogP) is -1.14. The fourth-order valence-corrected chi connectivity index (χ4v) is 2.63. The van der Waals surface area contributed by atoms with Gasteiger partial charge in [0.1, 0.15) is 18.3 Å². The number of hydrogen-bond donors (Lipinski definition) is 4. The van der Waals surface area contributed by atoms with Gasteiger partial charge in [-0.05, 0) is 19.9 Å². The second-order valence-corrected chi connectivity index (χ2v) is 6.21. The van der Waals surface area contributed by atoms with Gasteiger partial charge in [0, 0.05) is 25.4 Å².